The lowest BCUT2D eigenvalue weighted by Gasteiger charge is -2.16. The largest absolute Gasteiger partial charge is 0.354 e. The number of nitrogens with one attached hydrogen (secondary N) is 2. The van der Waals surface area contributed by atoms with Crippen molar-refractivity contribution in [2.75, 3.05) is 7.05 Å². The van der Waals surface area contributed by atoms with Crippen molar-refractivity contribution in [1.29, 1.82) is 0 Å². The van der Waals surface area contributed by atoms with Crippen molar-refractivity contribution in [2.45, 2.75) is 38.3 Å². The minimum Gasteiger partial charge on any atom is -0.354 e. The predicted molar refractivity (Wildman–Crippen MR) is 94.1 cm³/mol. The van der Waals surface area contributed by atoms with Crippen LogP contribution in [0.2, 0.25) is 0 Å². The molecule has 1 saturated carbocycles. The Hall–Kier alpha value is -1.38. The molecule has 0 unspecified atom stereocenters. The SMILES string of the molecule is CN=C(NCc1cccc([N+](=O)[O-])c1)NC1CCCC1.I. The van der Waals surface area contributed by atoms with Crippen molar-refractivity contribution in [3.8, 4) is 0 Å². The maximum Gasteiger partial charge on any atom is 0.269 e. The summed E-state index contributed by atoms with van der Waals surface area (Å²) in [6, 6.07) is 7.13. The number of aliphatic imine (C=N–C) groups is 1. The van der Waals surface area contributed by atoms with Gasteiger partial charge in [-0.05, 0) is 18.4 Å². The van der Waals surface area contributed by atoms with E-state index in [4.69, 9.17) is 0 Å². The Morgan fingerprint density at radius 2 is 2.14 bits per heavy atom. The first-order valence-corrected chi connectivity index (χ1v) is 6.89. The van der Waals surface area contributed by atoms with Crippen LogP contribution >= 0.6 is 24.0 Å². The van der Waals surface area contributed by atoms with Gasteiger partial charge < -0.3 is 10.6 Å². The fourth-order valence-electron chi connectivity index (χ4n) is 2.42. The quantitative estimate of drug-likeness (QED) is 0.266. The molecule has 21 heavy (non-hydrogen) atoms. The van der Waals surface area contributed by atoms with Gasteiger partial charge in [0, 0.05) is 31.8 Å². The maximum atomic E-state index is 10.7. The van der Waals surface area contributed by atoms with Crippen molar-refractivity contribution in [3.63, 3.8) is 0 Å². The van der Waals surface area contributed by atoms with Crippen LogP contribution in [0.15, 0.2) is 29.3 Å². The lowest BCUT2D eigenvalue weighted by molar-refractivity contribution is -0.384. The van der Waals surface area contributed by atoms with Crippen molar-refractivity contribution >= 4 is 35.6 Å². The Bertz CT molecular complexity index is 502. The number of rotatable bonds is 4. The van der Waals surface area contributed by atoms with E-state index in [2.05, 4.69) is 15.6 Å². The number of nitrogens with zero attached hydrogens (tertiary/aromatic N) is 2. The first-order chi connectivity index (χ1) is 9.69. The fourth-order valence-corrected chi connectivity index (χ4v) is 2.42. The molecule has 0 bridgehead atoms. The summed E-state index contributed by atoms with van der Waals surface area (Å²) in [6.45, 7) is 0.522. The molecule has 0 aromatic heterocycles. The van der Waals surface area contributed by atoms with Crippen LogP contribution in [-0.4, -0.2) is 24.0 Å². The molecule has 0 radical (unpaired) electrons. The molecule has 1 aromatic carbocycles. The number of hydrogen-bond acceptors (Lipinski definition) is 3. The normalized spacial score (nSPS) is 15.4. The van der Waals surface area contributed by atoms with Crippen LogP contribution in [0.1, 0.15) is 31.2 Å². The van der Waals surface area contributed by atoms with Gasteiger partial charge in [-0.25, -0.2) is 0 Å². The Morgan fingerprint density at radius 1 is 1.43 bits per heavy atom. The third-order valence-corrected chi connectivity index (χ3v) is 3.50. The van der Waals surface area contributed by atoms with Crippen LogP contribution in [0.4, 0.5) is 5.69 Å². The third-order valence-electron chi connectivity index (χ3n) is 3.50. The zero-order valence-electron chi connectivity index (χ0n) is 12.0. The molecular weight excluding hydrogens is 383 g/mol. The van der Waals surface area contributed by atoms with Crippen molar-refractivity contribution in [2.24, 2.45) is 4.99 Å². The standard InChI is InChI=1S/C14H20N4O2.HI/c1-15-14(17-12-6-2-3-7-12)16-10-11-5-4-8-13(9-11)18(19)20;/h4-5,8-9,12H,2-3,6-7,10H2,1H3,(H2,15,16,17);1H. The molecule has 1 aromatic rings. The second kappa shape index (κ2) is 8.81. The molecule has 2 N–H and O–H groups in total. The summed E-state index contributed by atoms with van der Waals surface area (Å²) in [7, 11) is 1.73. The minimum atomic E-state index is -0.380. The molecule has 0 amide bonds. The Kier molecular flexibility index (Phi) is 7.41. The molecule has 116 valence electrons. The molecule has 7 heteroatoms. The molecule has 1 fully saturated rings. The van der Waals surface area contributed by atoms with Crippen molar-refractivity contribution in [1.82, 2.24) is 10.6 Å². The molecule has 0 spiro atoms. The van der Waals surface area contributed by atoms with Crippen molar-refractivity contribution < 1.29 is 4.92 Å². The molecular formula is C14H21IN4O2. The molecule has 0 saturated heterocycles. The lowest BCUT2D eigenvalue weighted by Crippen LogP contribution is -2.41. The zero-order chi connectivity index (χ0) is 14.4. The van der Waals surface area contributed by atoms with Gasteiger partial charge >= 0.3 is 0 Å². The Balaban J connectivity index is 0.00000220. The van der Waals surface area contributed by atoms with Crippen LogP contribution in [0.25, 0.3) is 0 Å². The number of guanidine groups is 1. The number of hydrogen-bond donors (Lipinski definition) is 2. The highest BCUT2D eigenvalue weighted by molar-refractivity contribution is 14.0. The van der Waals surface area contributed by atoms with Crippen molar-refractivity contribution in [3.05, 3.63) is 39.9 Å². The van der Waals surface area contributed by atoms with E-state index in [0.29, 0.717) is 12.6 Å². The summed E-state index contributed by atoms with van der Waals surface area (Å²) in [6.07, 6.45) is 4.88. The molecule has 6 nitrogen and oxygen atoms in total. The number of nitro benzene ring substituents is 1. The van der Waals surface area contributed by atoms with E-state index in [1.807, 2.05) is 6.07 Å². The van der Waals surface area contributed by atoms with Gasteiger partial charge in [0.2, 0.25) is 0 Å². The summed E-state index contributed by atoms with van der Waals surface area (Å²) in [5, 5.41) is 17.3. The summed E-state index contributed by atoms with van der Waals surface area (Å²) in [5.41, 5.74) is 0.983. The number of benzene rings is 1. The second-order valence-corrected chi connectivity index (χ2v) is 4.98. The van der Waals surface area contributed by atoms with E-state index in [1.54, 1.807) is 19.2 Å². The van der Waals surface area contributed by atoms with Gasteiger partial charge in [0.15, 0.2) is 5.96 Å². The number of non-ortho nitro benzene ring substituents is 1. The number of nitro groups is 1. The van der Waals surface area contributed by atoms with Gasteiger partial charge in [0.1, 0.15) is 0 Å². The summed E-state index contributed by atoms with van der Waals surface area (Å²) in [4.78, 5) is 14.5. The topological polar surface area (TPSA) is 79.6 Å². The van der Waals surface area contributed by atoms with Crippen LogP contribution in [0.3, 0.4) is 0 Å². The van der Waals surface area contributed by atoms with E-state index >= 15 is 0 Å². The summed E-state index contributed by atoms with van der Waals surface area (Å²) >= 11 is 0. The monoisotopic (exact) mass is 404 g/mol. The van der Waals surface area contributed by atoms with E-state index in [1.165, 1.54) is 31.7 Å². The minimum absolute atomic E-state index is 0. The highest BCUT2D eigenvalue weighted by Gasteiger charge is 2.15. The molecule has 0 heterocycles. The summed E-state index contributed by atoms with van der Waals surface area (Å²) in [5.74, 6) is 0.753. The average molecular weight is 404 g/mol. The molecule has 1 aliphatic rings. The summed E-state index contributed by atoms with van der Waals surface area (Å²) < 4.78 is 0. The van der Waals surface area contributed by atoms with Gasteiger partial charge in [-0.15, -0.1) is 24.0 Å². The molecule has 0 atom stereocenters. The smallest absolute Gasteiger partial charge is 0.269 e. The first kappa shape index (κ1) is 17.7. The third kappa shape index (κ3) is 5.49. The van der Waals surface area contributed by atoms with Gasteiger partial charge in [-0.3, -0.25) is 15.1 Å². The average Bonchev–Trinajstić information content (AvgIpc) is 2.96. The zero-order valence-corrected chi connectivity index (χ0v) is 14.4. The Labute approximate surface area is 141 Å². The van der Waals surface area contributed by atoms with E-state index < -0.39 is 0 Å². The van der Waals surface area contributed by atoms with Gasteiger partial charge in [-0.1, -0.05) is 25.0 Å². The van der Waals surface area contributed by atoms with Crippen LogP contribution in [0.5, 0.6) is 0 Å². The fraction of sp³-hybridized carbons (Fsp3) is 0.500. The predicted octanol–water partition coefficient (Wildman–Crippen LogP) is 2.82. The van der Waals surface area contributed by atoms with E-state index in [0.717, 1.165) is 11.5 Å². The van der Waals surface area contributed by atoms with Crippen LogP contribution < -0.4 is 10.6 Å². The van der Waals surface area contributed by atoms with Gasteiger partial charge in [0.05, 0.1) is 4.92 Å². The van der Waals surface area contributed by atoms with E-state index in [9.17, 15) is 10.1 Å². The van der Waals surface area contributed by atoms with Crippen LogP contribution in [0, 0.1) is 10.1 Å². The lowest BCUT2D eigenvalue weighted by atomic mass is 10.2. The van der Waals surface area contributed by atoms with Gasteiger partial charge in [0.25, 0.3) is 5.69 Å². The first-order valence-electron chi connectivity index (χ1n) is 6.89. The molecule has 0 aliphatic heterocycles. The second-order valence-electron chi connectivity index (χ2n) is 4.98. The molecule has 2 rings (SSSR count). The van der Waals surface area contributed by atoms with E-state index in [-0.39, 0.29) is 34.6 Å². The van der Waals surface area contributed by atoms with Crippen LogP contribution in [-0.2, 0) is 6.54 Å². The maximum absolute atomic E-state index is 10.7. The Morgan fingerprint density at radius 3 is 2.76 bits per heavy atom. The highest BCUT2D eigenvalue weighted by atomic mass is 127. The number of halogens is 1. The highest BCUT2D eigenvalue weighted by Crippen LogP contribution is 2.17. The molecule has 1 aliphatic carbocycles. The van der Waals surface area contributed by atoms with Gasteiger partial charge in [-0.2, -0.15) is 0 Å².